The third-order valence-corrected chi connectivity index (χ3v) is 3.08. The summed E-state index contributed by atoms with van der Waals surface area (Å²) in [6.45, 7) is 0.900. The molecule has 2 nitrogen and oxygen atoms in total. The maximum Gasteiger partial charge on any atom is 0.100 e. The molecular weight excluding hydrogens is 254 g/mol. The van der Waals surface area contributed by atoms with Gasteiger partial charge in [-0.1, -0.05) is 23.2 Å². The molecule has 1 saturated heterocycles. The van der Waals surface area contributed by atoms with E-state index in [2.05, 4.69) is 0 Å². The molecule has 0 aliphatic carbocycles. The molecule has 0 bridgehead atoms. The number of hydrogen-bond acceptors (Lipinski definition) is 1. The zero-order valence-electron chi connectivity index (χ0n) is 7.96. The fourth-order valence-electron chi connectivity index (χ4n) is 1.61. The number of nitrogens with zero attached hydrogens (tertiary/aromatic N) is 1. The van der Waals surface area contributed by atoms with E-state index in [1.807, 2.05) is 17.0 Å². The maximum atomic E-state index is 7.72. The van der Waals surface area contributed by atoms with E-state index < -0.39 is 0 Å². The van der Waals surface area contributed by atoms with Gasteiger partial charge in [0, 0.05) is 18.7 Å². The van der Waals surface area contributed by atoms with Crippen LogP contribution in [0.4, 0.5) is 5.69 Å². The second-order valence-electron chi connectivity index (χ2n) is 3.30. The smallest absolute Gasteiger partial charge is 0.100 e. The van der Waals surface area contributed by atoms with Crippen LogP contribution in [-0.2, 0) is 0 Å². The lowest BCUT2D eigenvalue weighted by Crippen LogP contribution is -2.22. The van der Waals surface area contributed by atoms with Gasteiger partial charge in [0.1, 0.15) is 5.84 Å². The highest BCUT2D eigenvalue weighted by Crippen LogP contribution is 2.29. The van der Waals surface area contributed by atoms with Crippen molar-refractivity contribution in [2.75, 3.05) is 11.4 Å². The van der Waals surface area contributed by atoms with Crippen molar-refractivity contribution in [2.24, 2.45) is 0 Å². The fraction of sp³-hybridized carbons (Fsp3) is 0.300. The molecule has 5 heteroatoms. The van der Waals surface area contributed by atoms with Crippen LogP contribution in [0.2, 0.25) is 10.0 Å². The first kappa shape index (κ1) is 12.6. The lowest BCUT2D eigenvalue weighted by molar-refractivity contribution is 0.956. The Kier molecular flexibility index (Phi) is 4.26. The largest absolute Gasteiger partial charge is 0.330 e. The Morgan fingerprint density at radius 2 is 1.93 bits per heavy atom. The summed E-state index contributed by atoms with van der Waals surface area (Å²) in [6.07, 6.45) is 1.89. The SMILES string of the molecule is Cl.N=C1CCCN1c1ccc(Cl)c(Cl)c1. The zero-order valence-corrected chi connectivity index (χ0v) is 10.3. The van der Waals surface area contributed by atoms with Gasteiger partial charge in [-0.2, -0.15) is 0 Å². The Balaban J connectivity index is 0.00000112. The number of amidine groups is 1. The fourth-order valence-corrected chi connectivity index (χ4v) is 1.90. The third-order valence-electron chi connectivity index (χ3n) is 2.34. The molecule has 0 unspecified atom stereocenters. The van der Waals surface area contributed by atoms with Gasteiger partial charge in [0.2, 0.25) is 0 Å². The number of anilines is 1. The van der Waals surface area contributed by atoms with Crippen LogP contribution in [-0.4, -0.2) is 12.4 Å². The summed E-state index contributed by atoms with van der Waals surface area (Å²) in [6, 6.07) is 5.47. The number of halogens is 3. The quantitative estimate of drug-likeness (QED) is 0.816. The van der Waals surface area contributed by atoms with Crippen LogP contribution in [0.5, 0.6) is 0 Å². The Morgan fingerprint density at radius 1 is 1.20 bits per heavy atom. The number of benzene rings is 1. The van der Waals surface area contributed by atoms with Crippen LogP contribution < -0.4 is 4.90 Å². The van der Waals surface area contributed by atoms with Gasteiger partial charge in [-0.15, -0.1) is 12.4 Å². The van der Waals surface area contributed by atoms with E-state index in [-0.39, 0.29) is 12.4 Å². The molecular formula is C10H11Cl3N2. The number of nitrogens with one attached hydrogen (secondary N) is 1. The molecule has 2 rings (SSSR count). The van der Waals surface area contributed by atoms with Gasteiger partial charge in [-0.25, -0.2) is 0 Å². The average Bonchev–Trinajstić information content (AvgIpc) is 2.57. The molecule has 0 spiro atoms. The average molecular weight is 266 g/mol. The molecule has 15 heavy (non-hydrogen) atoms. The summed E-state index contributed by atoms with van der Waals surface area (Å²) in [4.78, 5) is 1.96. The van der Waals surface area contributed by atoms with Crippen LogP contribution in [0.25, 0.3) is 0 Å². The van der Waals surface area contributed by atoms with Crippen molar-refractivity contribution < 1.29 is 0 Å². The minimum absolute atomic E-state index is 0. The standard InChI is InChI=1S/C10H10Cl2N2.ClH/c11-8-4-3-7(6-9(8)12)14-5-1-2-10(14)13;/h3-4,6,13H,1-2,5H2;1H. The Bertz CT molecular complexity index is 379. The van der Waals surface area contributed by atoms with Gasteiger partial charge in [-0.3, -0.25) is 5.41 Å². The Labute approximate surface area is 105 Å². The highest BCUT2D eigenvalue weighted by Gasteiger charge is 2.18. The van der Waals surface area contributed by atoms with Crippen LogP contribution in [0.3, 0.4) is 0 Å². The Hall–Kier alpha value is -0.440. The first-order valence-corrected chi connectivity index (χ1v) is 5.24. The second kappa shape index (κ2) is 5.06. The molecule has 1 aliphatic heterocycles. The second-order valence-corrected chi connectivity index (χ2v) is 4.11. The first-order chi connectivity index (χ1) is 6.68. The van der Waals surface area contributed by atoms with E-state index in [0.29, 0.717) is 15.9 Å². The monoisotopic (exact) mass is 264 g/mol. The van der Waals surface area contributed by atoms with Crippen molar-refractivity contribution in [3.05, 3.63) is 28.2 Å². The lowest BCUT2D eigenvalue weighted by Gasteiger charge is -2.18. The van der Waals surface area contributed by atoms with Crippen molar-refractivity contribution in [3.8, 4) is 0 Å². The summed E-state index contributed by atoms with van der Waals surface area (Å²) in [5.41, 5.74) is 0.960. The predicted octanol–water partition coefficient (Wildman–Crippen LogP) is 3.99. The van der Waals surface area contributed by atoms with Gasteiger partial charge < -0.3 is 4.90 Å². The van der Waals surface area contributed by atoms with E-state index in [0.717, 1.165) is 25.1 Å². The molecule has 0 radical (unpaired) electrons. The van der Waals surface area contributed by atoms with Gasteiger partial charge >= 0.3 is 0 Å². The van der Waals surface area contributed by atoms with Gasteiger partial charge in [0.15, 0.2) is 0 Å². The van der Waals surface area contributed by atoms with Crippen molar-refractivity contribution in [1.29, 1.82) is 5.41 Å². The van der Waals surface area contributed by atoms with Crippen LogP contribution in [0.1, 0.15) is 12.8 Å². The third kappa shape index (κ3) is 2.57. The molecule has 0 amide bonds. The molecule has 0 aromatic heterocycles. The van der Waals surface area contributed by atoms with Crippen LogP contribution in [0, 0.1) is 5.41 Å². The van der Waals surface area contributed by atoms with E-state index in [1.54, 1.807) is 6.07 Å². The van der Waals surface area contributed by atoms with Crippen molar-refractivity contribution in [2.45, 2.75) is 12.8 Å². The summed E-state index contributed by atoms with van der Waals surface area (Å²) in [7, 11) is 0. The van der Waals surface area contributed by atoms with E-state index >= 15 is 0 Å². The minimum atomic E-state index is 0. The number of rotatable bonds is 1. The highest BCUT2D eigenvalue weighted by atomic mass is 35.5. The topological polar surface area (TPSA) is 27.1 Å². The van der Waals surface area contributed by atoms with Crippen LogP contribution in [0.15, 0.2) is 18.2 Å². The molecule has 1 aromatic carbocycles. The maximum absolute atomic E-state index is 7.72. The normalized spacial score (nSPS) is 15.3. The summed E-state index contributed by atoms with van der Waals surface area (Å²) in [5, 5.41) is 8.82. The molecule has 1 aliphatic rings. The molecule has 1 fully saturated rings. The summed E-state index contributed by atoms with van der Waals surface area (Å²) < 4.78 is 0. The van der Waals surface area contributed by atoms with Crippen molar-refractivity contribution in [3.63, 3.8) is 0 Å². The van der Waals surface area contributed by atoms with Gasteiger partial charge in [-0.05, 0) is 24.6 Å². The van der Waals surface area contributed by atoms with E-state index in [9.17, 15) is 0 Å². The van der Waals surface area contributed by atoms with Crippen molar-refractivity contribution >= 4 is 47.1 Å². The minimum Gasteiger partial charge on any atom is -0.330 e. The first-order valence-electron chi connectivity index (χ1n) is 4.48. The van der Waals surface area contributed by atoms with Gasteiger partial charge in [0.25, 0.3) is 0 Å². The molecule has 82 valence electrons. The molecule has 0 saturated carbocycles. The zero-order chi connectivity index (χ0) is 10.1. The highest BCUT2D eigenvalue weighted by molar-refractivity contribution is 6.42. The summed E-state index contributed by atoms with van der Waals surface area (Å²) in [5.74, 6) is 0.656. The lowest BCUT2D eigenvalue weighted by atomic mass is 10.3. The van der Waals surface area contributed by atoms with Crippen LogP contribution >= 0.6 is 35.6 Å². The van der Waals surface area contributed by atoms with Crippen molar-refractivity contribution in [1.82, 2.24) is 0 Å². The molecule has 1 heterocycles. The van der Waals surface area contributed by atoms with Gasteiger partial charge in [0.05, 0.1) is 10.0 Å². The van der Waals surface area contributed by atoms with E-state index in [4.69, 9.17) is 28.6 Å². The Morgan fingerprint density at radius 3 is 2.47 bits per heavy atom. The molecule has 1 N–H and O–H groups in total. The van der Waals surface area contributed by atoms with E-state index in [1.165, 1.54) is 0 Å². The number of hydrogen-bond donors (Lipinski definition) is 1. The predicted molar refractivity (Wildman–Crippen MR) is 68.0 cm³/mol. The molecule has 0 atom stereocenters. The summed E-state index contributed by atoms with van der Waals surface area (Å²) >= 11 is 11.7. The molecule has 1 aromatic rings.